The fraction of sp³-hybridized carbons (Fsp3) is 1.00. The molecule has 0 aromatic rings. The zero-order valence-electron chi connectivity index (χ0n) is 12.5. The van der Waals surface area contributed by atoms with E-state index in [0.29, 0.717) is 17.4 Å². The molecule has 0 heterocycles. The van der Waals surface area contributed by atoms with Crippen LogP contribution in [0.4, 0.5) is 0 Å². The molecule has 2 heteroatoms. The lowest BCUT2D eigenvalue weighted by Gasteiger charge is -2.43. The summed E-state index contributed by atoms with van der Waals surface area (Å²) in [6.45, 7) is 11.7. The van der Waals surface area contributed by atoms with E-state index in [1.807, 2.05) is 0 Å². The Labute approximate surface area is 108 Å². The predicted molar refractivity (Wildman–Crippen MR) is 76.0 cm³/mol. The summed E-state index contributed by atoms with van der Waals surface area (Å²) in [5, 5.41) is 0. The number of nitrogens with two attached hydrogens (primary N) is 1. The van der Waals surface area contributed by atoms with E-state index in [-0.39, 0.29) is 0 Å². The molecular weight excluding hydrogens is 208 g/mol. The predicted octanol–water partition coefficient (Wildman–Crippen LogP) is 3.12. The second kappa shape index (κ2) is 6.19. The van der Waals surface area contributed by atoms with E-state index < -0.39 is 0 Å². The normalized spacial score (nSPS) is 30.5. The van der Waals surface area contributed by atoms with Crippen LogP contribution in [0.25, 0.3) is 0 Å². The van der Waals surface area contributed by atoms with Crippen LogP contribution in [0.2, 0.25) is 0 Å². The fourth-order valence-electron chi connectivity index (χ4n) is 3.15. The van der Waals surface area contributed by atoms with Crippen LogP contribution < -0.4 is 5.73 Å². The van der Waals surface area contributed by atoms with Crippen molar-refractivity contribution in [2.24, 2.45) is 23.0 Å². The molecule has 0 aromatic carbocycles. The third-order valence-electron chi connectivity index (χ3n) is 4.67. The number of hydrogen-bond acceptors (Lipinski definition) is 2. The quantitative estimate of drug-likeness (QED) is 0.800. The van der Waals surface area contributed by atoms with Gasteiger partial charge in [0, 0.05) is 19.1 Å². The molecule has 0 spiro atoms. The Bertz CT molecular complexity index is 225. The molecule has 1 rings (SSSR count). The lowest BCUT2D eigenvalue weighted by Crippen LogP contribution is -2.50. The first-order valence-electron chi connectivity index (χ1n) is 7.31. The van der Waals surface area contributed by atoms with Gasteiger partial charge in [-0.15, -0.1) is 0 Å². The Morgan fingerprint density at radius 1 is 1.41 bits per heavy atom. The number of rotatable bonds is 5. The molecule has 102 valence electrons. The first-order valence-corrected chi connectivity index (χ1v) is 7.31. The van der Waals surface area contributed by atoms with Gasteiger partial charge in [-0.2, -0.15) is 0 Å². The van der Waals surface area contributed by atoms with Gasteiger partial charge in [-0.1, -0.05) is 40.5 Å². The van der Waals surface area contributed by atoms with Crippen LogP contribution in [0.5, 0.6) is 0 Å². The molecule has 1 saturated carbocycles. The third kappa shape index (κ3) is 4.26. The summed E-state index contributed by atoms with van der Waals surface area (Å²) in [5.74, 6) is 1.49. The average molecular weight is 240 g/mol. The van der Waals surface area contributed by atoms with Gasteiger partial charge in [0.1, 0.15) is 0 Å². The molecule has 1 aliphatic carbocycles. The molecule has 0 bridgehead atoms. The van der Waals surface area contributed by atoms with Crippen molar-refractivity contribution >= 4 is 0 Å². The SMILES string of the molecule is CCC(C)CN(C)CC1CCCC(C)(C)C1N. The van der Waals surface area contributed by atoms with Gasteiger partial charge in [-0.25, -0.2) is 0 Å². The van der Waals surface area contributed by atoms with Crippen LogP contribution in [-0.4, -0.2) is 31.1 Å². The molecule has 0 amide bonds. The van der Waals surface area contributed by atoms with E-state index in [1.165, 1.54) is 38.8 Å². The highest BCUT2D eigenvalue weighted by molar-refractivity contribution is 4.92. The van der Waals surface area contributed by atoms with Gasteiger partial charge in [0.15, 0.2) is 0 Å². The second-order valence-electron chi connectivity index (χ2n) is 6.90. The van der Waals surface area contributed by atoms with Crippen molar-refractivity contribution < 1.29 is 0 Å². The molecular formula is C15H32N2. The van der Waals surface area contributed by atoms with Crippen LogP contribution in [0, 0.1) is 17.3 Å². The van der Waals surface area contributed by atoms with Gasteiger partial charge in [-0.05, 0) is 37.1 Å². The smallest absolute Gasteiger partial charge is 0.0131 e. The molecule has 3 atom stereocenters. The lowest BCUT2D eigenvalue weighted by molar-refractivity contribution is 0.106. The fourth-order valence-corrected chi connectivity index (χ4v) is 3.15. The highest BCUT2D eigenvalue weighted by Crippen LogP contribution is 2.37. The van der Waals surface area contributed by atoms with Crippen LogP contribution in [0.3, 0.4) is 0 Å². The molecule has 2 N–H and O–H groups in total. The second-order valence-corrected chi connectivity index (χ2v) is 6.90. The summed E-state index contributed by atoms with van der Waals surface area (Å²) in [4.78, 5) is 2.49. The summed E-state index contributed by atoms with van der Waals surface area (Å²) in [5.41, 5.74) is 6.78. The Balaban J connectivity index is 2.45. The Kier molecular flexibility index (Phi) is 5.46. The molecule has 0 radical (unpaired) electrons. The minimum absolute atomic E-state index is 0.333. The van der Waals surface area contributed by atoms with Crippen molar-refractivity contribution in [3.8, 4) is 0 Å². The standard InChI is InChI=1S/C15H32N2/c1-6-12(2)10-17(5)11-13-8-7-9-15(3,4)14(13)16/h12-14H,6-11,16H2,1-5H3. The molecule has 0 saturated heterocycles. The largest absolute Gasteiger partial charge is 0.327 e. The van der Waals surface area contributed by atoms with Crippen LogP contribution in [0.15, 0.2) is 0 Å². The summed E-state index contributed by atoms with van der Waals surface area (Å²) in [6, 6.07) is 0.371. The first-order chi connectivity index (χ1) is 7.86. The van der Waals surface area contributed by atoms with Gasteiger partial charge >= 0.3 is 0 Å². The highest BCUT2D eigenvalue weighted by atomic mass is 15.1. The maximum absolute atomic E-state index is 6.44. The van der Waals surface area contributed by atoms with Crippen LogP contribution in [0.1, 0.15) is 53.4 Å². The molecule has 3 unspecified atom stereocenters. The third-order valence-corrected chi connectivity index (χ3v) is 4.67. The first kappa shape index (κ1) is 15.0. The average Bonchev–Trinajstić information content (AvgIpc) is 2.24. The number of hydrogen-bond donors (Lipinski definition) is 1. The maximum Gasteiger partial charge on any atom is 0.0131 e. The van der Waals surface area contributed by atoms with Gasteiger partial charge < -0.3 is 10.6 Å². The molecule has 2 nitrogen and oxygen atoms in total. The summed E-state index contributed by atoms with van der Waals surface area (Å²) in [7, 11) is 2.25. The van der Waals surface area contributed by atoms with Crippen molar-refractivity contribution in [2.45, 2.75) is 59.4 Å². The monoisotopic (exact) mass is 240 g/mol. The molecule has 17 heavy (non-hydrogen) atoms. The Hall–Kier alpha value is -0.0800. The van der Waals surface area contributed by atoms with Crippen molar-refractivity contribution in [1.82, 2.24) is 4.90 Å². The van der Waals surface area contributed by atoms with Crippen molar-refractivity contribution in [3.63, 3.8) is 0 Å². The number of nitrogens with zero attached hydrogens (tertiary/aromatic N) is 1. The molecule has 0 aromatic heterocycles. The van der Waals surface area contributed by atoms with Crippen LogP contribution >= 0.6 is 0 Å². The van der Waals surface area contributed by atoms with Crippen molar-refractivity contribution in [1.29, 1.82) is 0 Å². The topological polar surface area (TPSA) is 29.3 Å². The summed E-state index contributed by atoms with van der Waals surface area (Å²) in [6.07, 6.45) is 5.23. The van der Waals surface area contributed by atoms with Gasteiger partial charge in [0.2, 0.25) is 0 Å². The van der Waals surface area contributed by atoms with Crippen molar-refractivity contribution in [3.05, 3.63) is 0 Å². The Morgan fingerprint density at radius 3 is 2.65 bits per heavy atom. The van der Waals surface area contributed by atoms with E-state index in [0.717, 1.165) is 5.92 Å². The Morgan fingerprint density at radius 2 is 2.06 bits per heavy atom. The summed E-state index contributed by atoms with van der Waals surface area (Å²) >= 11 is 0. The zero-order valence-corrected chi connectivity index (χ0v) is 12.5. The van der Waals surface area contributed by atoms with Gasteiger partial charge in [0.05, 0.1) is 0 Å². The molecule has 1 aliphatic rings. The zero-order chi connectivity index (χ0) is 13.1. The van der Waals surface area contributed by atoms with E-state index in [1.54, 1.807) is 0 Å². The van der Waals surface area contributed by atoms with Crippen molar-refractivity contribution in [2.75, 3.05) is 20.1 Å². The van der Waals surface area contributed by atoms with Gasteiger partial charge in [0.25, 0.3) is 0 Å². The maximum atomic E-state index is 6.44. The lowest BCUT2D eigenvalue weighted by atomic mass is 9.68. The molecule has 1 fully saturated rings. The van der Waals surface area contributed by atoms with E-state index >= 15 is 0 Å². The summed E-state index contributed by atoms with van der Waals surface area (Å²) < 4.78 is 0. The van der Waals surface area contributed by atoms with Crippen LogP contribution in [-0.2, 0) is 0 Å². The molecule has 0 aliphatic heterocycles. The minimum atomic E-state index is 0.333. The highest BCUT2D eigenvalue weighted by Gasteiger charge is 2.36. The minimum Gasteiger partial charge on any atom is -0.327 e. The van der Waals surface area contributed by atoms with Gasteiger partial charge in [-0.3, -0.25) is 0 Å². The van der Waals surface area contributed by atoms with E-state index in [2.05, 4.69) is 39.6 Å². The van der Waals surface area contributed by atoms with E-state index in [4.69, 9.17) is 5.73 Å². The van der Waals surface area contributed by atoms with E-state index in [9.17, 15) is 0 Å².